The molecule has 3 nitrogen and oxygen atoms in total. The van der Waals surface area contributed by atoms with E-state index in [-0.39, 0.29) is 0 Å². The van der Waals surface area contributed by atoms with E-state index in [4.69, 9.17) is 10.3 Å². The van der Waals surface area contributed by atoms with Gasteiger partial charge in [-0.2, -0.15) is 0 Å². The molecule has 3 heteroatoms. The Hall–Kier alpha value is -0.990. The van der Waals surface area contributed by atoms with Gasteiger partial charge in [0.2, 0.25) is 5.88 Å². The number of anilines is 1. The zero-order valence-corrected chi connectivity index (χ0v) is 7.34. The van der Waals surface area contributed by atoms with Crippen LogP contribution in [0.25, 0.3) is 0 Å². The summed E-state index contributed by atoms with van der Waals surface area (Å²) < 4.78 is 4.89. The largest absolute Gasteiger partial charge is 0.367 e. The predicted octanol–water partition coefficient (Wildman–Crippen LogP) is 1.91. The lowest BCUT2D eigenvalue weighted by atomic mass is 9.82. The van der Waals surface area contributed by atoms with Gasteiger partial charge in [-0.25, -0.2) is 0 Å². The molecule has 1 aromatic rings. The minimum atomic E-state index is 0.476. The molecule has 1 heterocycles. The van der Waals surface area contributed by atoms with Gasteiger partial charge in [0.15, 0.2) is 0 Å². The van der Waals surface area contributed by atoms with E-state index >= 15 is 0 Å². The summed E-state index contributed by atoms with van der Waals surface area (Å²) in [6.07, 6.45) is 5.10. The molecule has 1 aliphatic rings. The molecule has 1 aliphatic carbocycles. The van der Waals surface area contributed by atoms with Crippen LogP contribution in [0.1, 0.15) is 30.5 Å². The molecule has 66 valence electrons. The lowest BCUT2D eigenvalue weighted by molar-refractivity contribution is 0.305. The third-order valence-corrected chi connectivity index (χ3v) is 2.76. The second kappa shape index (κ2) is 2.81. The van der Waals surface area contributed by atoms with Crippen molar-refractivity contribution in [3.8, 4) is 0 Å². The van der Waals surface area contributed by atoms with Gasteiger partial charge in [0.1, 0.15) is 0 Å². The highest BCUT2D eigenvalue weighted by molar-refractivity contribution is 5.37. The van der Waals surface area contributed by atoms with E-state index < -0.39 is 0 Å². The van der Waals surface area contributed by atoms with Crippen LogP contribution in [0.4, 0.5) is 5.88 Å². The number of hydrogen-bond acceptors (Lipinski definition) is 3. The molecule has 0 atom stereocenters. The molecule has 1 fully saturated rings. The maximum atomic E-state index is 5.55. The standard InChI is InChI=1S/C9H14N2O/c1-6-8(11-12-9(6)10)5-7-3-2-4-7/h7H,2-5,10H2,1H3. The second-order valence-electron chi connectivity index (χ2n) is 3.62. The summed E-state index contributed by atoms with van der Waals surface area (Å²) in [6.45, 7) is 1.97. The lowest BCUT2D eigenvalue weighted by Gasteiger charge is -2.24. The zero-order valence-electron chi connectivity index (χ0n) is 7.34. The molecule has 0 aliphatic heterocycles. The first-order valence-electron chi connectivity index (χ1n) is 4.48. The van der Waals surface area contributed by atoms with Crippen LogP contribution < -0.4 is 5.73 Å². The summed E-state index contributed by atoms with van der Waals surface area (Å²) in [4.78, 5) is 0. The lowest BCUT2D eigenvalue weighted by Crippen LogP contribution is -2.14. The van der Waals surface area contributed by atoms with Gasteiger partial charge in [-0.3, -0.25) is 0 Å². The molecule has 0 unspecified atom stereocenters. The first kappa shape index (κ1) is 7.65. The second-order valence-corrected chi connectivity index (χ2v) is 3.62. The maximum Gasteiger partial charge on any atom is 0.225 e. The molecule has 2 rings (SSSR count). The molecule has 0 amide bonds. The Labute approximate surface area is 71.9 Å². The fourth-order valence-electron chi connectivity index (χ4n) is 1.54. The first-order chi connectivity index (χ1) is 5.77. The Balaban J connectivity index is 2.06. The third-order valence-electron chi connectivity index (χ3n) is 2.76. The predicted molar refractivity (Wildman–Crippen MR) is 46.7 cm³/mol. The molecule has 0 radical (unpaired) electrons. The quantitative estimate of drug-likeness (QED) is 0.730. The summed E-state index contributed by atoms with van der Waals surface area (Å²) in [5.41, 5.74) is 7.63. The van der Waals surface area contributed by atoms with Gasteiger partial charge in [0, 0.05) is 5.56 Å². The third kappa shape index (κ3) is 1.19. The van der Waals surface area contributed by atoms with Crippen molar-refractivity contribution in [1.29, 1.82) is 0 Å². The van der Waals surface area contributed by atoms with Gasteiger partial charge in [-0.15, -0.1) is 0 Å². The summed E-state index contributed by atoms with van der Waals surface area (Å²) in [5.74, 6) is 1.30. The monoisotopic (exact) mass is 166 g/mol. The van der Waals surface area contributed by atoms with E-state index in [0.717, 1.165) is 23.6 Å². The molecule has 2 N–H and O–H groups in total. The Morgan fingerprint density at radius 2 is 2.33 bits per heavy atom. The molecular weight excluding hydrogens is 152 g/mol. The highest BCUT2D eigenvalue weighted by Gasteiger charge is 2.21. The summed E-state index contributed by atoms with van der Waals surface area (Å²) in [7, 11) is 0. The number of nitrogen functional groups attached to an aromatic ring is 1. The molecule has 1 saturated carbocycles. The minimum Gasteiger partial charge on any atom is -0.367 e. The molecule has 0 aromatic carbocycles. The van der Waals surface area contributed by atoms with Crippen LogP contribution in [-0.2, 0) is 6.42 Å². The Bertz CT molecular complexity index is 276. The van der Waals surface area contributed by atoms with Crippen LogP contribution >= 0.6 is 0 Å². The van der Waals surface area contributed by atoms with Crippen molar-refractivity contribution in [1.82, 2.24) is 5.16 Å². The van der Waals surface area contributed by atoms with E-state index in [1.807, 2.05) is 6.92 Å². The SMILES string of the molecule is Cc1c(CC2CCC2)noc1N. The minimum absolute atomic E-state index is 0.476. The zero-order chi connectivity index (χ0) is 8.55. The Morgan fingerprint density at radius 1 is 1.58 bits per heavy atom. The van der Waals surface area contributed by atoms with Crippen molar-refractivity contribution >= 4 is 5.88 Å². The van der Waals surface area contributed by atoms with E-state index in [1.165, 1.54) is 19.3 Å². The van der Waals surface area contributed by atoms with Gasteiger partial charge in [0.25, 0.3) is 0 Å². The number of nitrogens with two attached hydrogens (primary N) is 1. The van der Waals surface area contributed by atoms with Gasteiger partial charge in [-0.1, -0.05) is 24.4 Å². The Kier molecular flexibility index (Phi) is 1.79. The smallest absolute Gasteiger partial charge is 0.225 e. The average Bonchev–Trinajstić information content (AvgIpc) is 2.27. The highest BCUT2D eigenvalue weighted by Crippen LogP contribution is 2.30. The van der Waals surface area contributed by atoms with E-state index in [2.05, 4.69) is 5.16 Å². The number of nitrogens with zero attached hydrogens (tertiary/aromatic N) is 1. The molecule has 0 spiro atoms. The van der Waals surface area contributed by atoms with Crippen LogP contribution in [0.3, 0.4) is 0 Å². The van der Waals surface area contributed by atoms with Crippen molar-refractivity contribution in [3.63, 3.8) is 0 Å². The van der Waals surface area contributed by atoms with Gasteiger partial charge < -0.3 is 10.3 Å². The van der Waals surface area contributed by atoms with E-state index in [0.29, 0.717) is 5.88 Å². The van der Waals surface area contributed by atoms with Gasteiger partial charge in [-0.05, 0) is 19.3 Å². The normalized spacial score (nSPS) is 17.8. The number of aromatic nitrogens is 1. The molecule has 0 saturated heterocycles. The van der Waals surface area contributed by atoms with Crippen LogP contribution in [0, 0.1) is 12.8 Å². The number of hydrogen-bond donors (Lipinski definition) is 1. The number of rotatable bonds is 2. The van der Waals surface area contributed by atoms with Crippen molar-refractivity contribution in [2.24, 2.45) is 5.92 Å². The van der Waals surface area contributed by atoms with Crippen molar-refractivity contribution in [2.45, 2.75) is 32.6 Å². The van der Waals surface area contributed by atoms with E-state index in [1.54, 1.807) is 0 Å². The van der Waals surface area contributed by atoms with Crippen molar-refractivity contribution < 1.29 is 4.52 Å². The van der Waals surface area contributed by atoms with Crippen LogP contribution in [-0.4, -0.2) is 5.16 Å². The summed E-state index contributed by atoms with van der Waals surface area (Å²) >= 11 is 0. The summed E-state index contributed by atoms with van der Waals surface area (Å²) in [5, 5.41) is 3.94. The molecule has 1 aromatic heterocycles. The van der Waals surface area contributed by atoms with E-state index in [9.17, 15) is 0 Å². The average molecular weight is 166 g/mol. The molecule has 12 heavy (non-hydrogen) atoms. The molecule has 0 bridgehead atoms. The highest BCUT2D eigenvalue weighted by atomic mass is 16.5. The van der Waals surface area contributed by atoms with Crippen LogP contribution in [0.2, 0.25) is 0 Å². The Morgan fingerprint density at radius 3 is 2.75 bits per heavy atom. The topological polar surface area (TPSA) is 52.0 Å². The fourth-order valence-corrected chi connectivity index (χ4v) is 1.54. The van der Waals surface area contributed by atoms with Crippen LogP contribution in [0.5, 0.6) is 0 Å². The molecular formula is C9H14N2O. The summed E-state index contributed by atoms with van der Waals surface area (Å²) in [6, 6.07) is 0. The van der Waals surface area contributed by atoms with Crippen molar-refractivity contribution in [2.75, 3.05) is 5.73 Å². The van der Waals surface area contributed by atoms with Crippen LogP contribution in [0.15, 0.2) is 4.52 Å². The van der Waals surface area contributed by atoms with Crippen molar-refractivity contribution in [3.05, 3.63) is 11.3 Å². The fraction of sp³-hybridized carbons (Fsp3) is 0.667. The maximum absolute atomic E-state index is 5.55. The first-order valence-corrected chi connectivity index (χ1v) is 4.48. The van der Waals surface area contributed by atoms with Gasteiger partial charge >= 0.3 is 0 Å². The van der Waals surface area contributed by atoms with Gasteiger partial charge in [0.05, 0.1) is 5.69 Å².